The van der Waals surface area contributed by atoms with Gasteiger partial charge in [-0.15, -0.1) is 0 Å². The van der Waals surface area contributed by atoms with Crippen molar-refractivity contribution in [1.82, 2.24) is 19.8 Å². The van der Waals surface area contributed by atoms with E-state index in [2.05, 4.69) is 44.5 Å². The Morgan fingerprint density at radius 1 is 0.837 bits per heavy atom. The Morgan fingerprint density at radius 3 is 2.16 bits per heavy atom. The number of benzene rings is 2. The van der Waals surface area contributed by atoms with E-state index in [1.54, 1.807) is 0 Å². The summed E-state index contributed by atoms with van der Waals surface area (Å²) < 4.78 is 0. The van der Waals surface area contributed by atoms with E-state index in [-0.39, 0.29) is 17.8 Å². The molecule has 1 aromatic heterocycles. The Balaban J connectivity index is 1.18. The number of piperidine rings is 1. The SMILES string of the molecule is CN1CCN(C2CCN(c3ccc(Nc4nc(NC5CCC(O)CC5)c(-c5ccccc5)nc4C(N)=O)cc3)CC2)CC1. The van der Waals surface area contributed by atoms with Crippen molar-refractivity contribution in [3.8, 4) is 11.3 Å². The van der Waals surface area contributed by atoms with E-state index in [9.17, 15) is 9.90 Å². The molecule has 2 saturated heterocycles. The van der Waals surface area contributed by atoms with Gasteiger partial charge < -0.3 is 31.3 Å². The number of rotatable bonds is 8. The van der Waals surface area contributed by atoms with Crippen LogP contribution >= 0.6 is 0 Å². The third kappa shape index (κ3) is 7.09. The lowest BCUT2D eigenvalue weighted by Crippen LogP contribution is -2.52. The van der Waals surface area contributed by atoms with E-state index in [1.165, 1.54) is 31.6 Å². The Labute approximate surface area is 254 Å². The number of nitrogens with one attached hydrogen (secondary N) is 2. The molecule has 10 nitrogen and oxygen atoms in total. The monoisotopic (exact) mass is 584 g/mol. The Kier molecular flexibility index (Phi) is 9.06. The normalized spacial score (nSPS) is 22.3. The average Bonchev–Trinajstić information content (AvgIpc) is 3.03. The Hall–Kier alpha value is -3.73. The number of carbonyl (C=O) groups excluding carboxylic acids is 1. The molecule has 228 valence electrons. The second-order valence-corrected chi connectivity index (χ2v) is 12.2. The molecule has 5 N–H and O–H groups in total. The number of carbonyl (C=O) groups is 1. The molecule has 2 aliphatic heterocycles. The third-order valence-corrected chi connectivity index (χ3v) is 9.23. The number of nitrogens with two attached hydrogens (primary N) is 1. The first-order valence-corrected chi connectivity index (χ1v) is 15.7. The van der Waals surface area contributed by atoms with Gasteiger partial charge in [0.2, 0.25) is 0 Å². The number of aromatic nitrogens is 2. The van der Waals surface area contributed by atoms with Crippen LogP contribution in [0.3, 0.4) is 0 Å². The van der Waals surface area contributed by atoms with E-state index >= 15 is 0 Å². The molecule has 2 aromatic carbocycles. The van der Waals surface area contributed by atoms with Crippen LogP contribution in [0, 0.1) is 0 Å². The number of amides is 1. The highest BCUT2D eigenvalue weighted by Gasteiger charge is 2.27. The number of hydrogen-bond donors (Lipinski definition) is 4. The fraction of sp³-hybridized carbons (Fsp3) is 0.485. The molecular formula is C33H44N8O2. The van der Waals surface area contributed by atoms with Crippen molar-refractivity contribution in [2.45, 2.75) is 56.7 Å². The van der Waals surface area contributed by atoms with Crippen LogP contribution in [-0.2, 0) is 0 Å². The van der Waals surface area contributed by atoms with Gasteiger partial charge in [-0.25, -0.2) is 9.97 Å². The fourth-order valence-corrected chi connectivity index (χ4v) is 6.57. The molecule has 0 bridgehead atoms. The van der Waals surface area contributed by atoms with Gasteiger partial charge in [0.1, 0.15) is 5.69 Å². The maximum atomic E-state index is 12.6. The number of aliphatic hydroxyl groups is 1. The molecular weight excluding hydrogens is 540 g/mol. The van der Waals surface area contributed by atoms with Crippen molar-refractivity contribution in [3.05, 3.63) is 60.3 Å². The molecule has 3 aromatic rings. The van der Waals surface area contributed by atoms with E-state index < -0.39 is 5.91 Å². The van der Waals surface area contributed by atoms with Gasteiger partial charge in [0.25, 0.3) is 5.91 Å². The topological polar surface area (TPSA) is 123 Å². The van der Waals surface area contributed by atoms with Crippen molar-refractivity contribution < 1.29 is 9.90 Å². The van der Waals surface area contributed by atoms with Gasteiger partial charge in [-0.05, 0) is 69.8 Å². The van der Waals surface area contributed by atoms with Crippen molar-refractivity contribution in [1.29, 1.82) is 0 Å². The highest BCUT2D eigenvalue weighted by molar-refractivity contribution is 5.97. The summed E-state index contributed by atoms with van der Waals surface area (Å²) in [6, 6.07) is 18.8. The summed E-state index contributed by atoms with van der Waals surface area (Å²) in [7, 11) is 2.21. The molecule has 0 radical (unpaired) electrons. The van der Waals surface area contributed by atoms with E-state index in [0.29, 0.717) is 23.4 Å². The smallest absolute Gasteiger partial charge is 0.271 e. The van der Waals surface area contributed by atoms with E-state index in [1.807, 2.05) is 42.5 Å². The molecule has 1 saturated carbocycles. The van der Waals surface area contributed by atoms with Crippen LogP contribution in [0.5, 0.6) is 0 Å². The van der Waals surface area contributed by atoms with E-state index in [4.69, 9.17) is 15.7 Å². The van der Waals surface area contributed by atoms with Crippen LogP contribution in [0.25, 0.3) is 11.3 Å². The van der Waals surface area contributed by atoms with Crippen LogP contribution in [0.4, 0.5) is 23.0 Å². The van der Waals surface area contributed by atoms with Gasteiger partial charge >= 0.3 is 0 Å². The first kappa shape index (κ1) is 29.3. The number of primary amides is 1. The van der Waals surface area contributed by atoms with E-state index in [0.717, 1.165) is 63.1 Å². The number of nitrogens with zero attached hydrogens (tertiary/aromatic N) is 5. The zero-order valence-electron chi connectivity index (χ0n) is 25.1. The lowest BCUT2D eigenvalue weighted by atomic mass is 9.93. The van der Waals surface area contributed by atoms with Crippen molar-refractivity contribution >= 4 is 28.9 Å². The quantitative estimate of drug-likeness (QED) is 0.312. The lowest BCUT2D eigenvalue weighted by Gasteiger charge is -2.42. The molecule has 10 heteroatoms. The van der Waals surface area contributed by atoms with Crippen LogP contribution in [0.2, 0.25) is 0 Å². The number of anilines is 4. The second-order valence-electron chi connectivity index (χ2n) is 12.2. The second kappa shape index (κ2) is 13.3. The van der Waals surface area contributed by atoms with Crippen LogP contribution in [-0.4, -0.2) is 95.3 Å². The van der Waals surface area contributed by atoms with Crippen molar-refractivity contribution in [2.75, 3.05) is 61.8 Å². The Morgan fingerprint density at radius 2 is 1.51 bits per heavy atom. The summed E-state index contributed by atoms with van der Waals surface area (Å²) in [4.78, 5) is 29.7. The largest absolute Gasteiger partial charge is 0.393 e. The van der Waals surface area contributed by atoms with Crippen LogP contribution < -0.4 is 21.3 Å². The average molecular weight is 585 g/mol. The summed E-state index contributed by atoms with van der Waals surface area (Å²) in [5.74, 6) is 0.283. The highest BCUT2D eigenvalue weighted by Crippen LogP contribution is 2.32. The first-order valence-electron chi connectivity index (χ1n) is 15.7. The minimum absolute atomic E-state index is 0.0959. The van der Waals surface area contributed by atoms with Gasteiger partial charge in [-0.3, -0.25) is 9.69 Å². The van der Waals surface area contributed by atoms with Crippen molar-refractivity contribution in [2.24, 2.45) is 5.73 Å². The van der Waals surface area contributed by atoms with Crippen LogP contribution in [0.15, 0.2) is 54.6 Å². The van der Waals surface area contributed by atoms with Gasteiger partial charge in [0.15, 0.2) is 17.3 Å². The minimum Gasteiger partial charge on any atom is -0.393 e. The number of hydrogen-bond acceptors (Lipinski definition) is 9. The molecule has 0 spiro atoms. The number of likely N-dealkylation sites (N-methyl/N-ethyl adjacent to an activating group) is 1. The van der Waals surface area contributed by atoms with Crippen molar-refractivity contribution in [3.63, 3.8) is 0 Å². The molecule has 1 aliphatic carbocycles. The maximum absolute atomic E-state index is 12.6. The zero-order valence-corrected chi connectivity index (χ0v) is 25.1. The molecule has 3 fully saturated rings. The maximum Gasteiger partial charge on any atom is 0.271 e. The highest BCUT2D eigenvalue weighted by atomic mass is 16.3. The summed E-state index contributed by atoms with van der Waals surface area (Å²) in [6.45, 7) is 6.77. The first-order chi connectivity index (χ1) is 20.9. The summed E-state index contributed by atoms with van der Waals surface area (Å²) >= 11 is 0. The molecule has 0 atom stereocenters. The molecule has 1 amide bonds. The zero-order chi connectivity index (χ0) is 29.8. The minimum atomic E-state index is -0.639. The predicted molar refractivity (Wildman–Crippen MR) is 172 cm³/mol. The summed E-state index contributed by atoms with van der Waals surface area (Å²) in [5, 5.41) is 16.9. The molecule has 0 unspecified atom stereocenters. The van der Waals surface area contributed by atoms with Gasteiger partial charge in [0.05, 0.1) is 6.10 Å². The third-order valence-electron chi connectivity index (χ3n) is 9.23. The number of piperazine rings is 1. The van der Waals surface area contributed by atoms with Gasteiger partial charge in [0, 0.05) is 68.3 Å². The lowest BCUT2D eigenvalue weighted by molar-refractivity contribution is 0.0982. The molecule has 3 heterocycles. The van der Waals surface area contributed by atoms with Gasteiger partial charge in [-0.2, -0.15) is 0 Å². The molecule has 43 heavy (non-hydrogen) atoms. The Bertz CT molecular complexity index is 1360. The molecule has 3 aliphatic rings. The summed E-state index contributed by atoms with van der Waals surface area (Å²) in [6.07, 6.45) is 5.29. The fourth-order valence-electron chi connectivity index (χ4n) is 6.57. The van der Waals surface area contributed by atoms with Gasteiger partial charge in [-0.1, -0.05) is 30.3 Å². The molecule has 6 rings (SSSR count). The van der Waals surface area contributed by atoms with Crippen LogP contribution in [0.1, 0.15) is 49.0 Å². The number of aliphatic hydroxyl groups excluding tert-OH is 1. The summed E-state index contributed by atoms with van der Waals surface area (Å²) in [5.41, 5.74) is 9.36. The predicted octanol–water partition coefficient (Wildman–Crippen LogP) is 3.92. The standard InChI is InChI=1S/C33H44N8O2/c1-39-19-21-41(22-20-39)27-15-17-40(18-16-27)26-11-7-24(8-12-26)36-33-30(31(34)43)37-29(23-5-3-2-4-6-23)32(38-33)35-25-9-13-28(42)14-10-25/h2-8,11-12,25,27-28,42H,9-10,13-22H2,1H3,(H2,34,43)(H2,35,36,38).